The van der Waals surface area contributed by atoms with Crippen LogP contribution in [0.5, 0.6) is 5.75 Å². The van der Waals surface area contributed by atoms with Crippen LogP contribution in [0.3, 0.4) is 0 Å². The van der Waals surface area contributed by atoms with Crippen LogP contribution in [-0.2, 0) is 4.79 Å². The number of methoxy groups -OCH3 is 1. The lowest BCUT2D eigenvalue weighted by Crippen LogP contribution is -2.32. The van der Waals surface area contributed by atoms with Gasteiger partial charge >= 0.3 is 0 Å². The molecule has 1 amide bonds. The molecular weight excluding hydrogens is 376 g/mol. The Morgan fingerprint density at radius 1 is 1.29 bits per heavy atom. The van der Waals surface area contributed by atoms with E-state index in [1.54, 1.807) is 16.6 Å². The van der Waals surface area contributed by atoms with Gasteiger partial charge < -0.3 is 9.64 Å². The highest BCUT2D eigenvalue weighted by molar-refractivity contribution is 7.99. The van der Waals surface area contributed by atoms with Crippen molar-refractivity contribution in [1.82, 2.24) is 24.6 Å². The molecule has 0 saturated heterocycles. The number of fused-ring (bicyclic) bond motifs is 1. The smallest absolute Gasteiger partial charge is 0.233 e. The molecular formula is C19H24N6O2S. The molecule has 0 aliphatic carbocycles. The number of benzene rings is 1. The molecule has 1 aromatic carbocycles. The molecule has 0 aliphatic heterocycles. The Labute approximate surface area is 167 Å². The Morgan fingerprint density at radius 2 is 1.96 bits per heavy atom. The quantitative estimate of drug-likeness (QED) is 0.469. The van der Waals surface area contributed by atoms with Crippen molar-refractivity contribution in [2.75, 3.05) is 26.0 Å². The van der Waals surface area contributed by atoms with Gasteiger partial charge in [-0.3, -0.25) is 19.9 Å². The predicted octanol–water partition coefficient (Wildman–Crippen LogP) is 2.51. The van der Waals surface area contributed by atoms with Crippen LogP contribution in [-0.4, -0.2) is 56.5 Å². The maximum Gasteiger partial charge on any atom is 0.233 e. The Morgan fingerprint density at radius 3 is 2.57 bits per heavy atom. The van der Waals surface area contributed by atoms with Gasteiger partial charge in [0.05, 0.1) is 18.2 Å². The second-order valence-corrected chi connectivity index (χ2v) is 7.12. The molecule has 3 aromatic rings. The minimum atomic E-state index is 0.0444. The lowest BCUT2D eigenvalue weighted by atomic mass is 10.2. The van der Waals surface area contributed by atoms with Gasteiger partial charge in [-0.05, 0) is 45.0 Å². The van der Waals surface area contributed by atoms with Crippen molar-refractivity contribution in [2.45, 2.75) is 25.9 Å². The van der Waals surface area contributed by atoms with Crippen molar-refractivity contribution < 1.29 is 9.53 Å². The van der Waals surface area contributed by atoms with Gasteiger partial charge in [0.15, 0.2) is 10.8 Å². The summed E-state index contributed by atoms with van der Waals surface area (Å²) in [5.41, 5.74) is 2.31. The monoisotopic (exact) mass is 400 g/mol. The van der Waals surface area contributed by atoms with E-state index in [1.165, 1.54) is 11.8 Å². The van der Waals surface area contributed by atoms with Crippen LogP contribution in [0.1, 0.15) is 19.5 Å². The van der Waals surface area contributed by atoms with Crippen molar-refractivity contribution >= 4 is 28.7 Å². The third-order valence-corrected chi connectivity index (χ3v) is 5.48. The SMILES string of the molecule is CCN(CC)C(=O)CSc1nc2n[nH]c(C)c2c(=N)n1-c1ccc(OC)cc1. The van der Waals surface area contributed by atoms with Gasteiger partial charge in [0, 0.05) is 24.5 Å². The first-order chi connectivity index (χ1) is 13.5. The van der Waals surface area contributed by atoms with E-state index in [0.717, 1.165) is 17.1 Å². The molecule has 8 nitrogen and oxygen atoms in total. The number of hydrogen-bond donors (Lipinski definition) is 2. The number of aryl methyl sites for hydroxylation is 1. The van der Waals surface area contributed by atoms with Crippen LogP contribution in [0.4, 0.5) is 0 Å². The minimum absolute atomic E-state index is 0.0444. The second kappa shape index (κ2) is 8.47. The minimum Gasteiger partial charge on any atom is -0.497 e. The summed E-state index contributed by atoms with van der Waals surface area (Å²) in [5, 5.41) is 17.0. The van der Waals surface area contributed by atoms with Crippen LogP contribution in [0, 0.1) is 12.3 Å². The average molecular weight is 401 g/mol. The number of aromatic amines is 1. The Balaban J connectivity index is 2.07. The summed E-state index contributed by atoms with van der Waals surface area (Å²) >= 11 is 1.31. The van der Waals surface area contributed by atoms with Crippen LogP contribution >= 0.6 is 11.8 Å². The highest BCUT2D eigenvalue weighted by Gasteiger charge is 2.17. The molecule has 0 saturated carbocycles. The van der Waals surface area contributed by atoms with Gasteiger partial charge in [-0.2, -0.15) is 5.10 Å². The molecule has 0 unspecified atom stereocenters. The molecule has 2 aromatic heterocycles. The fourth-order valence-electron chi connectivity index (χ4n) is 2.99. The number of H-pyrrole nitrogens is 1. The van der Waals surface area contributed by atoms with Crippen LogP contribution in [0.2, 0.25) is 0 Å². The Hall–Kier alpha value is -2.81. The second-order valence-electron chi connectivity index (χ2n) is 6.18. The Kier molecular flexibility index (Phi) is 6.03. The van der Waals surface area contributed by atoms with E-state index >= 15 is 0 Å². The third kappa shape index (κ3) is 3.75. The highest BCUT2D eigenvalue weighted by Crippen LogP contribution is 2.23. The summed E-state index contributed by atoms with van der Waals surface area (Å²) in [6, 6.07) is 7.42. The van der Waals surface area contributed by atoms with Crippen molar-refractivity contribution in [3.8, 4) is 11.4 Å². The van der Waals surface area contributed by atoms with Crippen molar-refractivity contribution in [3.05, 3.63) is 35.4 Å². The van der Waals surface area contributed by atoms with Gasteiger partial charge in [-0.25, -0.2) is 4.98 Å². The normalized spacial score (nSPS) is 11.0. The van der Waals surface area contributed by atoms with E-state index < -0.39 is 0 Å². The molecule has 0 radical (unpaired) electrons. The molecule has 2 heterocycles. The van der Waals surface area contributed by atoms with Crippen molar-refractivity contribution in [2.24, 2.45) is 0 Å². The zero-order valence-electron chi connectivity index (χ0n) is 16.4. The molecule has 28 heavy (non-hydrogen) atoms. The lowest BCUT2D eigenvalue weighted by Gasteiger charge is -2.19. The molecule has 0 aliphatic rings. The number of aromatic nitrogens is 4. The van der Waals surface area contributed by atoms with Crippen LogP contribution in [0.15, 0.2) is 29.4 Å². The molecule has 3 rings (SSSR count). The third-order valence-electron chi connectivity index (χ3n) is 4.55. The molecule has 0 spiro atoms. The fraction of sp³-hybridized carbons (Fsp3) is 0.368. The molecule has 0 fully saturated rings. The summed E-state index contributed by atoms with van der Waals surface area (Å²) in [6.45, 7) is 7.13. The largest absolute Gasteiger partial charge is 0.497 e. The molecule has 9 heteroatoms. The number of amides is 1. The highest BCUT2D eigenvalue weighted by atomic mass is 32.2. The molecule has 0 atom stereocenters. The molecule has 0 bridgehead atoms. The predicted molar refractivity (Wildman–Crippen MR) is 109 cm³/mol. The molecule has 2 N–H and O–H groups in total. The lowest BCUT2D eigenvalue weighted by molar-refractivity contribution is -0.127. The van der Waals surface area contributed by atoms with E-state index in [9.17, 15) is 4.79 Å². The topological polar surface area (TPSA) is 99.9 Å². The van der Waals surface area contributed by atoms with Gasteiger partial charge in [0.25, 0.3) is 0 Å². The van der Waals surface area contributed by atoms with Crippen LogP contribution < -0.4 is 10.2 Å². The number of hydrogen-bond acceptors (Lipinski definition) is 6. The summed E-state index contributed by atoms with van der Waals surface area (Å²) in [7, 11) is 1.61. The number of nitrogens with zero attached hydrogens (tertiary/aromatic N) is 4. The number of carbonyl (C=O) groups excluding carboxylic acids is 1. The standard InChI is InChI=1S/C19H24N6O2S/c1-5-24(6-2)15(26)11-28-19-21-18-16(12(3)22-23-18)17(20)25(19)13-7-9-14(27-4)10-8-13/h7-10,20H,5-6,11H2,1-4H3,(H,22,23). The van der Waals surface area contributed by atoms with E-state index in [-0.39, 0.29) is 17.1 Å². The zero-order chi connectivity index (χ0) is 20.3. The number of thioether (sulfide) groups is 1. The van der Waals surface area contributed by atoms with E-state index in [0.29, 0.717) is 29.3 Å². The maximum absolute atomic E-state index is 12.4. The maximum atomic E-state index is 12.4. The number of nitrogens with one attached hydrogen (secondary N) is 2. The van der Waals surface area contributed by atoms with Crippen molar-refractivity contribution in [1.29, 1.82) is 5.41 Å². The average Bonchev–Trinajstić information content (AvgIpc) is 3.08. The fourth-order valence-corrected chi connectivity index (χ4v) is 3.90. The van der Waals surface area contributed by atoms with E-state index in [1.807, 2.05) is 45.0 Å². The van der Waals surface area contributed by atoms with Crippen LogP contribution in [0.25, 0.3) is 16.7 Å². The van der Waals surface area contributed by atoms with Gasteiger partial charge in [0.1, 0.15) is 11.2 Å². The van der Waals surface area contributed by atoms with E-state index in [2.05, 4.69) is 15.2 Å². The van der Waals surface area contributed by atoms with E-state index in [4.69, 9.17) is 10.1 Å². The first-order valence-electron chi connectivity index (χ1n) is 9.07. The summed E-state index contributed by atoms with van der Waals surface area (Å²) in [5.74, 6) is 1.03. The first kappa shape index (κ1) is 19.9. The van der Waals surface area contributed by atoms with Gasteiger partial charge in [0.2, 0.25) is 5.91 Å². The summed E-state index contributed by atoms with van der Waals surface area (Å²) in [4.78, 5) is 18.8. The van der Waals surface area contributed by atoms with Gasteiger partial charge in [-0.1, -0.05) is 11.8 Å². The number of ether oxygens (including phenoxy) is 1. The number of rotatable bonds is 7. The Bertz CT molecular complexity index is 1040. The molecule has 148 valence electrons. The zero-order valence-corrected chi connectivity index (χ0v) is 17.3. The number of carbonyl (C=O) groups is 1. The first-order valence-corrected chi connectivity index (χ1v) is 10.1. The van der Waals surface area contributed by atoms with Gasteiger partial charge in [-0.15, -0.1) is 0 Å². The summed E-state index contributed by atoms with van der Waals surface area (Å²) in [6.07, 6.45) is 0. The van der Waals surface area contributed by atoms with Crippen molar-refractivity contribution in [3.63, 3.8) is 0 Å². The summed E-state index contributed by atoms with van der Waals surface area (Å²) < 4.78 is 6.97.